The number of anilines is 1. The highest BCUT2D eigenvalue weighted by Gasteiger charge is 2.20. The lowest BCUT2D eigenvalue weighted by Crippen LogP contribution is -2.30. The van der Waals surface area contributed by atoms with Gasteiger partial charge in [-0.15, -0.1) is 0 Å². The number of halogens is 1. The third kappa shape index (κ3) is 2.60. The minimum Gasteiger partial charge on any atom is -0.364 e. The lowest BCUT2D eigenvalue weighted by atomic mass is 9.98. The number of hydrogen-bond acceptors (Lipinski definition) is 1. The summed E-state index contributed by atoms with van der Waals surface area (Å²) < 4.78 is 14.4. The highest BCUT2D eigenvalue weighted by Crippen LogP contribution is 2.30. The second-order valence-corrected chi connectivity index (χ2v) is 5.26. The number of benzene rings is 2. The van der Waals surface area contributed by atoms with Crippen LogP contribution in [0.25, 0.3) is 5.57 Å². The van der Waals surface area contributed by atoms with Gasteiger partial charge in [-0.25, -0.2) is 4.39 Å². The maximum atomic E-state index is 14.4. The van der Waals surface area contributed by atoms with Gasteiger partial charge < -0.3 is 4.90 Å². The molecule has 0 fully saturated rings. The molecule has 3 rings (SSSR count). The molecular formula is C18H18FN. The molecule has 20 heavy (non-hydrogen) atoms. The van der Waals surface area contributed by atoms with E-state index in [1.54, 1.807) is 0 Å². The Bertz CT molecular complexity index is 631. The number of nitrogens with zero attached hydrogens (tertiary/aromatic N) is 1. The molecule has 0 atom stereocenters. The normalized spacial score (nSPS) is 15.6. The molecule has 1 nitrogen and oxygen atoms in total. The highest BCUT2D eigenvalue weighted by atomic mass is 19.1. The van der Waals surface area contributed by atoms with Gasteiger partial charge in [0, 0.05) is 12.2 Å². The summed E-state index contributed by atoms with van der Waals surface area (Å²) in [5.41, 5.74) is 4.18. The molecule has 2 heteroatoms. The first-order valence-corrected chi connectivity index (χ1v) is 6.98. The number of rotatable bonds is 2. The topological polar surface area (TPSA) is 3.24 Å². The van der Waals surface area contributed by atoms with E-state index in [1.807, 2.05) is 42.5 Å². The minimum absolute atomic E-state index is 0.0102. The second-order valence-electron chi connectivity index (χ2n) is 5.26. The van der Waals surface area contributed by atoms with Gasteiger partial charge in [0.25, 0.3) is 0 Å². The van der Waals surface area contributed by atoms with E-state index in [2.05, 4.69) is 24.0 Å². The third-order valence-electron chi connectivity index (χ3n) is 3.78. The van der Waals surface area contributed by atoms with E-state index in [4.69, 9.17) is 0 Å². The molecule has 0 saturated heterocycles. The molecule has 2 aromatic carbocycles. The second kappa shape index (κ2) is 5.49. The molecular weight excluding hydrogens is 249 g/mol. The molecule has 1 aliphatic rings. The first-order valence-electron chi connectivity index (χ1n) is 6.98. The Kier molecular flexibility index (Phi) is 3.55. The quantitative estimate of drug-likeness (QED) is 0.769. The fourth-order valence-corrected chi connectivity index (χ4v) is 2.71. The van der Waals surface area contributed by atoms with Crippen LogP contribution in [-0.4, -0.2) is 13.1 Å². The van der Waals surface area contributed by atoms with Crippen molar-refractivity contribution < 1.29 is 4.39 Å². The van der Waals surface area contributed by atoms with Crippen LogP contribution in [0.15, 0.2) is 60.4 Å². The van der Waals surface area contributed by atoms with Crippen molar-refractivity contribution in [2.45, 2.75) is 13.3 Å². The average Bonchev–Trinajstić information content (AvgIpc) is 2.48. The molecule has 0 amide bonds. The molecule has 0 radical (unpaired) electrons. The summed E-state index contributed by atoms with van der Waals surface area (Å²) in [6, 6.07) is 18.1. The van der Waals surface area contributed by atoms with Crippen LogP contribution in [0.5, 0.6) is 0 Å². The van der Waals surface area contributed by atoms with E-state index in [0.29, 0.717) is 6.54 Å². The number of hydrogen-bond donors (Lipinski definition) is 0. The Balaban J connectivity index is 1.85. The molecule has 0 aliphatic carbocycles. The zero-order valence-electron chi connectivity index (χ0n) is 11.6. The Labute approximate surface area is 119 Å². The summed E-state index contributed by atoms with van der Waals surface area (Å²) in [5, 5.41) is 0. The van der Waals surface area contributed by atoms with E-state index in [1.165, 1.54) is 5.56 Å². The largest absolute Gasteiger partial charge is 0.364 e. The summed E-state index contributed by atoms with van der Waals surface area (Å²) >= 11 is 0. The summed E-state index contributed by atoms with van der Waals surface area (Å²) in [4.78, 5) is 2.11. The fourth-order valence-electron chi connectivity index (χ4n) is 2.71. The lowest BCUT2D eigenvalue weighted by molar-refractivity contribution is 0.583. The van der Waals surface area contributed by atoms with Crippen LogP contribution in [-0.2, 0) is 0 Å². The van der Waals surface area contributed by atoms with Gasteiger partial charge in [-0.1, -0.05) is 42.5 Å². The first kappa shape index (κ1) is 12.9. The smallest absolute Gasteiger partial charge is 0.123 e. The minimum atomic E-state index is -0.0102. The van der Waals surface area contributed by atoms with Crippen molar-refractivity contribution in [1.82, 2.24) is 0 Å². The van der Waals surface area contributed by atoms with Crippen LogP contribution in [0.1, 0.15) is 17.5 Å². The Morgan fingerprint density at radius 1 is 1.00 bits per heavy atom. The molecule has 0 aromatic heterocycles. The summed E-state index contributed by atoms with van der Waals surface area (Å²) in [5.74, 6) is -0.0102. The third-order valence-corrected chi connectivity index (χ3v) is 3.78. The van der Waals surface area contributed by atoms with Crippen molar-refractivity contribution in [3.63, 3.8) is 0 Å². The highest BCUT2D eigenvalue weighted by molar-refractivity contribution is 5.70. The van der Waals surface area contributed by atoms with Crippen LogP contribution in [0.2, 0.25) is 0 Å². The molecule has 1 heterocycles. The van der Waals surface area contributed by atoms with Crippen molar-refractivity contribution in [2.24, 2.45) is 0 Å². The summed E-state index contributed by atoms with van der Waals surface area (Å²) in [6.07, 6.45) is 0.754. The van der Waals surface area contributed by atoms with Gasteiger partial charge in [-0.2, -0.15) is 0 Å². The molecule has 1 aliphatic heterocycles. The van der Waals surface area contributed by atoms with Gasteiger partial charge in [-0.05, 0) is 42.2 Å². The SMILES string of the molecule is Cc1cccc(N2CCC(c3ccccc3)=C(F)C2)c1. The van der Waals surface area contributed by atoms with Gasteiger partial charge >= 0.3 is 0 Å². The van der Waals surface area contributed by atoms with Crippen LogP contribution >= 0.6 is 0 Å². The fraction of sp³-hybridized carbons (Fsp3) is 0.222. The predicted molar refractivity (Wildman–Crippen MR) is 82.5 cm³/mol. The van der Waals surface area contributed by atoms with Gasteiger partial charge in [0.05, 0.1) is 6.54 Å². The van der Waals surface area contributed by atoms with Crippen molar-refractivity contribution >= 4 is 11.3 Å². The van der Waals surface area contributed by atoms with E-state index in [-0.39, 0.29) is 5.83 Å². The van der Waals surface area contributed by atoms with Crippen molar-refractivity contribution in [1.29, 1.82) is 0 Å². The van der Waals surface area contributed by atoms with Crippen molar-refractivity contribution in [3.05, 3.63) is 71.6 Å². The van der Waals surface area contributed by atoms with Crippen LogP contribution < -0.4 is 4.90 Å². The first-order chi connectivity index (χ1) is 9.74. The zero-order valence-corrected chi connectivity index (χ0v) is 11.6. The van der Waals surface area contributed by atoms with Crippen molar-refractivity contribution in [3.8, 4) is 0 Å². The van der Waals surface area contributed by atoms with Gasteiger partial charge in [0.2, 0.25) is 0 Å². The Hall–Kier alpha value is -2.09. The standard InChI is InChI=1S/C18H18FN/c1-14-6-5-9-16(12-14)20-11-10-17(18(19)13-20)15-7-3-2-4-8-15/h2-9,12H,10-11,13H2,1H3. The van der Waals surface area contributed by atoms with Gasteiger partial charge in [-0.3, -0.25) is 0 Å². The Morgan fingerprint density at radius 3 is 2.50 bits per heavy atom. The lowest BCUT2D eigenvalue weighted by Gasteiger charge is -2.30. The van der Waals surface area contributed by atoms with Crippen LogP contribution in [0.4, 0.5) is 10.1 Å². The monoisotopic (exact) mass is 267 g/mol. The van der Waals surface area contributed by atoms with E-state index >= 15 is 0 Å². The maximum absolute atomic E-state index is 14.4. The predicted octanol–water partition coefficient (Wildman–Crippen LogP) is 4.59. The molecule has 0 bridgehead atoms. The zero-order chi connectivity index (χ0) is 13.9. The molecule has 0 saturated carbocycles. The van der Waals surface area contributed by atoms with E-state index in [9.17, 15) is 4.39 Å². The molecule has 0 unspecified atom stereocenters. The van der Waals surface area contributed by atoms with Crippen LogP contribution in [0, 0.1) is 6.92 Å². The molecule has 2 aromatic rings. The number of aryl methyl sites for hydroxylation is 1. The van der Waals surface area contributed by atoms with Gasteiger partial charge in [0.1, 0.15) is 5.83 Å². The van der Waals surface area contributed by atoms with Gasteiger partial charge in [0.15, 0.2) is 0 Å². The average molecular weight is 267 g/mol. The summed E-state index contributed by atoms with van der Waals surface area (Å²) in [6.45, 7) is 3.30. The molecule has 0 spiro atoms. The maximum Gasteiger partial charge on any atom is 0.123 e. The molecule has 0 N–H and O–H groups in total. The summed E-state index contributed by atoms with van der Waals surface area (Å²) in [7, 11) is 0. The van der Waals surface area contributed by atoms with Crippen molar-refractivity contribution in [2.75, 3.05) is 18.0 Å². The molecule has 102 valence electrons. The van der Waals surface area contributed by atoms with E-state index in [0.717, 1.165) is 29.8 Å². The Morgan fingerprint density at radius 2 is 1.80 bits per heavy atom. The van der Waals surface area contributed by atoms with Crippen LogP contribution in [0.3, 0.4) is 0 Å². The van der Waals surface area contributed by atoms with E-state index < -0.39 is 0 Å².